The first-order chi connectivity index (χ1) is 13.0. The van der Waals surface area contributed by atoms with Crippen LogP contribution in [0.25, 0.3) is 0 Å². The van der Waals surface area contributed by atoms with Crippen molar-refractivity contribution in [3.8, 4) is 11.5 Å². The first kappa shape index (κ1) is 21.0. The molecular formula is C16H10ClF3N2O6. The molecule has 0 aliphatic carbocycles. The van der Waals surface area contributed by atoms with Crippen LogP contribution in [0.2, 0.25) is 5.02 Å². The Balaban J connectivity index is 2.37. The number of methoxy groups -OCH3 is 1. The maximum atomic E-state index is 12.7. The van der Waals surface area contributed by atoms with E-state index in [-0.39, 0.29) is 16.5 Å². The number of ether oxygens (including phenoxy) is 2. The lowest BCUT2D eigenvalue weighted by Crippen LogP contribution is -2.30. The third-order valence-corrected chi connectivity index (χ3v) is 3.59. The van der Waals surface area contributed by atoms with Crippen LogP contribution in [0.15, 0.2) is 36.4 Å². The zero-order valence-electron chi connectivity index (χ0n) is 13.9. The van der Waals surface area contributed by atoms with Crippen molar-refractivity contribution in [2.45, 2.75) is 6.18 Å². The van der Waals surface area contributed by atoms with Gasteiger partial charge in [0.1, 0.15) is 17.1 Å². The summed E-state index contributed by atoms with van der Waals surface area (Å²) in [6.45, 7) is 0. The molecule has 0 atom stereocenters. The molecule has 12 heteroatoms. The Labute approximate surface area is 160 Å². The molecule has 0 aliphatic rings. The lowest BCUT2D eigenvalue weighted by atomic mass is 10.1. The molecule has 2 aromatic carbocycles. The van der Waals surface area contributed by atoms with Gasteiger partial charge in [0, 0.05) is 12.1 Å². The second-order valence-electron chi connectivity index (χ2n) is 5.13. The molecule has 0 unspecified atom stereocenters. The van der Waals surface area contributed by atoms with Crippen molar-refractivity contribution in [3.05, 3.63) is 62.7 Å². The summed E-state index contributed by atoms with van der Waals surface area (Å²) in [4.78, 5) is 33.4. The molecule has 2 aromatic rings. The molecule has 0 saturated carbocycles. The normalized spacial score (nSPS) is 10.9. The number of imide groups is 1. The van der Waals surface area contributed by atoms with Gasteiger partial charge in [-0.2, -0.15) is 13.2 Å². The van der Waals surface area contributed by atoms with Crippen LogP contribution in [-0.4, -0.2) is 24.0 Å². The van der Waals surface area contributed by atoms with Crippen molar-refractivity contribution < 1.29 is 37.2 Å². The molecule has 2 amide bonds. The Morgan fingerprint density at radius 3 is 2.39 bits per heavy atom. The number of nitrogens with zero attached hydrogens (tertiary/aromatic N) is 1. The Morgan fingerprint density at radius 1 is 1.18 bits per heavy atom. The summed E-state index contributed by atoms with van der Waals surface area (Å²) in [5.41, 5.74) is -2.16. The average Bonchev–Trinajstić information content (AvgIpc) is 2.62. The minimum Gasteiger partial charge on any atom is -0.456 e. The number of carbonyl (C=O) groups is 2. The fourth-order valence-electron chi connectivity index (χ4n) is 2.02. The standard InChI is InChI=1S/C16H10ClF3N2O6/c1-27-15(24)21-14(23)10-7-9(3-4-12(10)22(25)26)28-13-5-2-8(6-11(13)17)16(18,19)20/h2-7H,1H3,(H,21,23,24). The summed E-state index contributed by atoms with van der Waals surface area (Å²) in [6.07, 6.45) is -5.74. The van der Waals surface area contributed by atoms with E-state index in [0.717, 1.165) is 37.4 Å². The third-order valence-electron chi connectivity index (χ3n) is 3.30. The molecule has 0 heterocycles. The molecule has 1 N–H and O–H groups in total. The van der Waals surface area contributed by atoms with Gasteiger partial charge in [-0.3, -0.25) is 20.2 Å². The van der Waals surface area contributed by atoms with E-state index in [9.17, 15) is 32.9 Å². The maximum Gasteiger partial charge on any atom is 0.416 e. The van der Waals surface area contributed by atoms with Crippen LogP contribution in [0.1, 0.15) is 15.9 Å². The fraction of sp³-hybridized carbons (Fsp3) is 0.125. The van der Waals surface area contributed by atoms with Gasteiger partial charge >= 0.3 is 12.3 Å². The van der Waals surface area contributed by atoms with Crippen LogP contribution in [0, 0.1) is 10.1 Å². The summed E-state index contributed by atoms with van der Waals surface area (Å²) < 4.78 is 47.6. The molecule has 0 fully saturated rings. The van der Waals surface area contributed by atoms with Gasteiger partial charge in [0.05, 0.1) is 22.6 Å². The van der Waals surface area contributed by atoms with Crippen LogP contribution < -0.4 is 10.1 Å². The number of rotatable bonds is 4. The zero-order valence-corrected chi connectivity index (χ0v) is 14.6. The topological polar surface area (TPSA) is 108 Å². The van der Waals surface area contributed by atoms with Gasteiger partial charge in [0.25, 0.3) is 11.6 Å². The van der Waals surface area contributed by atoms with Crippen LogP contribution >= 0.6 is 11.6 Å². The van der Waals surface area contributed by atoms with E-state index in [1.807, 2.05) is 0 Å². The molecule has 2 rings (SSSR count). The van der Waals surface area contributed by atoms with E-state index < -0.39 is 39.9 Å². The average molecular weight is 419 g/mol. The number of hydrogen-bond donors (Lipinski definition) is 1. The molecule has 28 heavy (non-hydrogen) atoms. The minimum atomic E-state index is -4.60. The van der Waals surface area contributed by atoms with E-state index in [2.05, 4.69) is 4.74 Å². The summed E-state index contributed by atoms with van der Waals surface area (Å²) in [5.74, 6) is -1.45. The number of alkyl halides is 3. The SMILES string of the molecule is COC(=O)NC(=O)c1cc(Oc2ccc(C(F)(F)F)cc2Cl)ccc1[N+](=O)[O-]. The predicted molar refractivity (Wildman–Crippen MR) is 89.5 cm³/mol. The Morgan fingerprint density at radius 2 is 1.86 bits per heavy atom. The fourth-order valence-corrected chi connectivity index (χ4v) is 2.24. The van der Waals surface area contributed by atoms with Crippen molar-refractivity contribution in [2.75, 3.05) is 7.11 Å². The zero-order chi connectivity index (χ0) is 21.1. The van der Waals surface area contributed by atoms with Gasteiger partial charge in [-0.1, -0.05) is 11.6 Å². The van der Waals surface area contributed by atoms with E-state index >= 15 is 0 Å². The summed E-state index contributed by atoms with van der Waals surface area (Å²) >= 11 is 5.78. The van der Waals surface area contributed by atoms with Gasteiger partial charge in [-0.25, -0.2) is 4.79 Å². The first-order valence-electron chi connectivity index (χ1n) is 7.25. The number of alkyl carbamates (subject to hydrolysis) is 1. The van der Waals surface area contributed by atoms with Crippen LogP contribution in [-0.2, 0) is 10.9 Å². The molecule has 0 radical (unpaired) electrons. The van der Waals surface area contributed by atoms with Gasteiger partial charge in [0.2, 0.25) is 0 Å². The second-order valence-corrected chi connectivity index (χ2v) is 5.53. The summed E-state index contributed by atoms with van der Waals surface area (Å²) in [7, 11) is 0.989. The molecule has 0 bridgehead atoms. The number of hydrogen-bond acceptors (Lipinski definition) is 6. The molecular weight excluding hydrogens is 409 g/mol. The quantitative estimate of drug-likeness (QED) is 0.576. The summed E-state index contributed by atoms with van der Waals surface area (Å²) in [5, 5.41) is 12.5. The second kappa shape index (κ2) is 8.13. The Bertz CT molecular complexity index is 948. The molecule has 0 spiro atoms. The predicted octanol–water partition coefficient (Wildman–Crippen LogP) is 4.56. The number of carbonyl (C=O) groups excluding carboxylic acids is 2. The highest BCUT2D eigenvalue weighted by molar-refractivity contribution is 6.32. The van der Waals surface area contributed by atoms with Crippen LogP contribution in [0.3, 0.4) is 0 Å². The monoisotopic (exact) mass is 418 g/mol. The van der Waals surface area contributed by atoms with Crippen molar-refractivity contribution in [1.82, 2.24) is 5.32 Å². The van der Waals surface area contributed by atoms with Gasteiger partial charge in [0.15, 0.2) is 0 Å². The van der Waals surface area contributed by atoms with E-state index in [1.165, 1.54) is 0 Å². The maximum absolute atomic E-state index is 12.7. The highest BCUT2D eigenvalue weighted by Gasteiger charge is 2.31. The molecule has 148 valence electrons. The largest absolute Gasteiger partial charge is 0.456 e. The van der Waals surface area contributed by atoms with Gasteiger partial charge in [-0.05, 0) is 24.3 Å². The van der Waals surface area contributed by atoms with Crippen molar-refractivity contribution in [2.24, 2.45) is 0 Å². The number of benzene rings is 2. The van der Waals surface area contributed by atoms with Gasteiger partial charge in [-0.15, -0.1) is 0 Å². The van der Waals surface area contributed by atoms with Crippen molar-refractivity contribution in [1.29, 1.82) is 0 Å². The number of nitro benzene ring substituents is 1. The molecule has 8 nitrogen and oxygen atoms in total. The van der Waals surface area contributed by atoms with E-state index in [0.29, 0.717) is 6.07 Å². The van der Waals surface area contributed by atoms with Crippen LogP contribution in [0.5, 0.6) is 11.5 Å². The van der Waals surface area contributed by atoms with Gasteiger partial charge < -0.3 is 9.47 Å². The number of halogens is 4. The number of nitro groups is 1. The van der Waals surface area contributed by atoms with E-state index in [1.54, 1.807) is 5.32 Å². The highest BCUT2D eigenvalue weighted by atomic mass is 35.5. The lowest BCUT2D eigenvalue weighted by Gasteiger charge is -2.12. The van der Waals surface area contributed by atoms with E-state index in [4.69, 9.17) is 16.3 Å². The molecule has 0 saturated heterocycles. The Kier molecular flexibility index (Phi) is 6.09. The minimum absolute atomic E-state index is 0.137. The molecule has 0 aromatic heterocycles. The smallest absolute Gasteiger partial charge is 0.416 e. The number of amides is 2. The van der Waals surface area contributed by atoms with Crippen molar-refractivity contribution >= 4 is 29.3 Å². The first-order valence-corrected chi connectivity index (χ1v) is 7.63. The lowest BCUT2D eigenvalue weighted by molar-refractivity contribution is -0.385. The molecule has 0 aliphatic heterocycles. The number of nitrogens with one attached hydrogen (secondary N) is 1. The Hall–Kier alpha value is -3.34. The highest BCUT2D eigenvalue weighted by Crippen LogP contribution is 2.37. The summed E-state index contributed by atoms with van der Waals surface area (Å²) in [6, 6.07) is 5.32. The van der Waals surface area contributed by atoms with Crippen molar-refractivity contribution in [3.63, 3.8) is 0 Å². The third kappa shape index (κ3) is 4.88. The van der Waals surface area contributed by atoms with Crippen LogP contribution in [0.4, 0.5) is 23.7 Å².